The summed E-state index contributed by atoms with van der Waals surface area (Å²) in [4.78, 5) is 2.30. The highest BCUT2D eigenvalue weighted by molar-refractivity contribution is 6.09. The molecule has 59 heavy (non-hydrogen) atoms. The largest absolute Gasteiger partial charge is 0.317 e. The summed E-state index contributed by atoms with van der Waals surface area (Å²) in [6.07, 6.45) is 20.5. The maximum atomic E-state index is 4.74. The SMILES string of the molecule is C=C1/C=C(c2ccc(-n3c4ccccc4c4ccccc43)cc2)\C=C/N(c2ccccc2)c2ccc(C3(C)C=CC(n4c5c(c6ccccc64)C(C)CC=C5)=CC3)cc21. The lowest BCUT2D eigenvalue weighted by molar-refractivity contribution is 0.599. The molecule has 2 aliphatic carbocycles. The van der Waals surface area contributed by atoms with Crippen molar-refractivity contribution in [2.24, 2.45) is 0 Å². The Morgan fingerprint density at radius 2 is 1.31 bits per heavy atom. The first-order valence-electron chi connectivity index (χ1n) is 20.8. The molecule has 3 nitrogen and oxygen atoms in total. The Hall–Kier alpha value is -7.10. The fraction of sp³-hybridized carbons (Fsp3) is 0.107. The first-order chi connectivity index (χ1) is 28.9. The zero-order valence-electron chi connectivity index (χ0n) is 33.5. The average Bonchev–Trinajstić information content (AvgIpc) is 3.80. The molecule has 0 saturated carbocycles. The van der Waals surface area contributed by atoms with Crippen LogP contribution in [0.3, 0.4) is 0 Å². The normalized spacial score (nSPS) is 20.2. The van der Waals surface area contributed by atoms with Gasteiger partial charge in [0.2, 0.25) is 0 Å². The predicted octanol–water partition coefficient (Wildman–Crippen LogP) is 14.8. The Balaban J connectivity index is 0.961. The molecule has 0 N–H and O–H groups in total. The van der Waals surface area contributed by atoms with E-state index in [2.05, 4.69) is 222 Å². The van der Waals surface area contributed by atoms with Crippen molar-refractivity contribution in [3.8, 4) is 5.69 Å². The van der Waals surface area contributed by atoms with Crippen LogP contribution < -0.4 is 4.90 Å². The zero-order valence-corrected chi connectivity index (χ0v) is 33.5. The lowest BCUT2D eigenvalue weighted by Gasteiger charge is -2.32. The Morgan fingerprint density at radius 1 is 0.644 bits per heavy atom. The van der Waals surface area contributed by atoms with Crippen LogP contribution in [0.2, 0.25) is 0 Å². The lowest BCUT2D eigenvalue weighted by Crippen LogP contribution is -2.22. The van der Waals surface area contributed by atoms with Gasteiger partial charge in [-0.15, -0.1) is 0 Å². The minimum Gasteiger partial charge on any atom is -0.317 e. The van der Waals surface area contributed by atoms with Crippen LogP contribution in [0.1, 0.15) is 60.6 Å². The summed E-state index contributed by atoms with van der Waals surface area (Å²) in [5.74, 6) is 0.502. The number of hydrogen-bond acceptors (Lipinski definition) is 1. The number of nitrogens with zero attached hydrogens (tertiary/aromatic N) is 3. The monoisotopic (exact) mass is 759 g/mol. The molecular weight excluding hydrogens is 715 g/mol. The highest BCUT2D eigenvalue weighted by atomic mass is 15.1. The summed E-state index contributed by atoms with van der Waals surface area (Å²) in [6.45, 7) is 9.46. The lowest BCUT2D eigenvalue weighted by atomic mass is 9.75. The maximum Gasteiger partial charge on any atom is 0.0541 e. The van der Waals surface area contributed by atoms with Gasteiger partial charge >= 0.3 is 0 Å². The van der Waals surface area contributed by atoms with Crippen molar-refractivity contribution in [2.75, 3.05) is 4.90 Å². The van der Waals surface area contributed by atoms with E-state index in [4.69, 9.17) is 6.58 Å². The van der Waals surface area contributed by atoms with Crippen LogP contribution in [0.15, 0.2) is 195 Å². The fourth-order valence-corrected chi connectivity index (χ4v) is 9.75. The van der Waals surface area contributed by atoms with E-state index in [1.54, 1.807) is 0 Å². The molecule has 8 aromatic rings. The van der Waals surface area contributed by atoms with Gasteiger partial charge in [0.15, 0.2) is 0 Å². The van der Waals surface area contributed by atoms with E-state index in [1.165, 1.54) is 55.2 Å². The number of para-hydroxylation sites is 4. The van der Waals surface area contributed by atoms with Crippen LogP contribution in [0.5, 0.6) is 0 Å². The van der Waals surface area contributed by atoms with Gasteiger partial charge in [-0.3, -0.25) is 0 Å². The van der Waals surface area contributed by atoms with Crippen molar-refractivity contribution >= 4 is 67.0 Å². The number of allylic oxidation sites excluding steroid dienone is 9. The molecule has 2 aromatic heterocycles. The Morgan fingerprint density at radius 3 is 2.00 bits per heavy atom. The van der Waals surface area contributed by atoms with E-state index in [0.29, 0.717) is 5.92 Å². The summed E-state index contributed by atoms with van der Waals surface area (Å²) in [7, 11) is 0. The molecular formula is C56H45N3. The first kappa shape index (κ1) is 35.1. The second-order valence-corrected chi connectivity index (χ2v) is 16.6. The highest BCUT2D eigenvalue weighted by Gasteiger charge is 2.30. The zero-order chi connectivity index (χ0) is 39.7. The molecule has 3 heterocycles. The van der Waals surface area contributed by atoms with Crippen LogP contribution in [-0.2, 0) is 5.41 Å². The number of anilines is 2. The van der Waals surface area contributed by atoms with Crippen molar-refractivity contribution in [1.82, 2.24) is 9.13 Å². The smallest absolute Gasteiger partial charge is 0.0541 e. The van der Waals surface area contributed by atoms with E-state index >= 15 is 0 Å². The van der Waals surface area contributed by atoms with Crippen molar-refractivity contribution < 1.29 is 0 Å². The molecule has 2 atom stereocenters. The van der Waals surface area contributed by atoms with Crippen LogP contribution in [0.4, 0.5) is 11.4 Å². The Kier molecular flexibility index (Phi) is 8.20. The van der Waals surface area contributed by atoms with E-state index in [0.717, 1.165) is 52.2 Å². The van der Waals surface area contributed by atoms with Gasteiger partial charge in [-0.2, -0.15) is 0 Å². The molecule has 0 radical (unpaired) electrons. The van der Waals surface area contributed by atoms with Gasteiger partial charge < -0.3 is 14.0 Å². The summed E-state index contributed by atoms with van der Waals surface area (Å²) in [5.41, 5.74) is 16.6. The third-order valence-electron chi connectivity index (χ3n) is 12.9. The molecule has 284 valence electrons. The molecule has 0 saturated heterocycles. The molecule has 11 rings (SSSR count). The molecule has 0 amide bonds. The van der Waals surface area contributed by atoms with Gasteiger partial charge in [0, 0.05) is 56.1 Å². The molecule has 2 unspecified atom stereocenters. The van der Waals surface area contributed by atoms with Crippen LogP contribution >= 0.6 is 0 Å². The summed E-state index contributed by atoms with van der Waals surface area (Å²) >= 11 is 0. The molecule has 0 bridgehead atoms. The van der Waals surface area contributed by atoms with E-state index < -0.39 is 0 Å². The van der Waals surface area contributed by atoms with Gasteiger partial charge in [-0.25, -0.2) is 0 Å². The standard InChI is InChI=1S/C56H45N3/c1-38-14-13-23-54-55(38)48-19-9-12-22-53(48)59(54)45-30-33-56(3,34-31-45)42-26-29-50-49(37-42)39(2)36-41(32-35-57(50)43-15-5-4-6-16-43)40-24-27-44(28-25-40)58-51-20-10-7-17-46(51)47-18-8-11-21-52(47)58/h4-13,15-33,35-38H,2,14,34H2,1,3H3/b35-32-,41-36+. The molecule has 6 aromatic carbocycles. The third kappa shape index (κ3) is 5.72. The van der Waals surface area contributed by atoms with Crippen molar-refractivity contribution in [3.05, 3.63) is 223 Å². The predicted molar refractivity (Wildman–Crippen MR) is 251 cm³/mol. The van der Waals surface area contributed by atoms with Gasteiger partial charge in [0.05, 0.1) is 22.2 Å². The minimum atomic E-state index is -0.185. The molecule has 1 aliphatic heterocycles. The number of fused-ring (bicyclic) bond motifs is 7. The Labute approximate surface area is 346 Å². The Bertz CT molecular complexity index is 3090. The summed E-state index contributed by atoms with van der Waals surface area (Å²) < 4.78 is 4.84. The highest BCUT2D eigenvalue weighted by Crippen LogP contribution is 2.44. The molecule has 3 aliphatic rings. The average molecular weight is 760 g/mol. The molecule has 0 spiro atoms. The van der Waals surface area contributed by atoms with Crippen LogP contribution in [-0.4, -0.2) is 9.13 Å². The number of rotatable bonds is 5. The maximum absolute atomic E-state index is 4.74. The second-order valence-electron chi connectivity index (χ2n) is 16.6. The van der Waals surface area contributed by atoms with Crippen LogP contribution in [0, 0.1) is 0 Å². The number of hydrogen-bond donors (Lipinski definition) is 0. The number of aromatic nitrogens is 2. The second kappa shape index (κ2) is 13.8. The topological polar surface area (TPSA) is 13.1 Å². The third-order valence-corrected chi connectivity index (χ3v) is 12.9. The fourth-order valence-electron chi connectivity index (χ4n) is 9.75. The van der Waals surface area contributed by atoms with Gasteiger partial charge in [0.1, 0.15) is 0 Å². The minimum absolute atomic E-state index is 0.185. The van der Waals surface area contributed by atoms with Gasteiger partial charge in [-0.1, -0.05) is 130 Å². The van der Waals surface area contributed by atoms with Gasteiger partial charge in [0.25, 0.3) is 0 Å². The summed E-state index contributed by atoms with van der Waals surface area (Å²) in [5, 5.41) is 3.90. The van der Waals surface area contributed by atoms with Crippen LogP contribution in [0.25, 0.3) is 61.3 Å². The first-order valence-corrected chi connectivity index (χ1v) is 20.8. The van der Waals surface area contributed by atoms with Gasteiger partial charge in [-0.05, 0) is 125 Å². The van der Waals surface area contributed by atoms with E-state index in [1.807, 2.05) is 0 Å². The van der Waals surface area contributed by atoms with Crippen molar-refractivity contribution in [2.45, 2.75) is 38.0 Å². The van der Waals surface area contributed by atoms with Crippen molar-refractivity contribution in [1.29, 1.82) is 0 Å². The molecule has 3 heteroatoms. The van der Waals surface area contributed by atoms with E-state index in [9.17, 15) is 0 Å². The summed E-state index contributed by atoms with van der Waals surface area (Å²) in [6, 6.07) is 52.8. The van der Waals surface area contributed by atoms with E-state index in [-0.39, 0.29) is 5.41 Å². The van der Waals surface area contributed by atoms with Crippen molar-refractivity contribution in [3.63, 3.8) is 0 Å². The number of benzene rings is 6. The molecule has 0 fully saturated rings. The quantitative estimate of drug-likeness (QED) is 0.170.